The summed E-state index contributed by atoms with van der Waals surface area (Å²) in [7, 11) is 0. The number of aliphatic imine (C=N–C) groups is 1. The summed E-state index contributed by atoms with van der Waals surface area (Å²) in [5.74, 6) is 0.421. The van der Waals surface area contributed by atoms with Crippen LogP contribution >= 0.6 is 11.8 Å². The van der Waals surface area contributed by atoms with Gasteiger partial charge < -0.3 is 0 Å². The van der Waals surface area contributed by atoms with Gasteiger partial charge in [0.25, 0.3) is 0 Å². The van der Waals surface area contributed by atoms with Crippen molar-refractivity contribution < 1.29 is 0 Å². The summed E-state index contributed by atoms with van der Waals surface area (Å²) in [5, 5.41) is 0. The Balaban J connectivity index is 2.68. The average molecular weight is 179 g/mol. The van der Waals surface area contributed by atoms with Crippen LogP contribution in [0.4, 0.5) is 0 Å². The first kappa shape index (κ1) is 9.33. The van der Waals surface area contributed by atoms with Gasteiger partial charge in [-0.15, -0.1) is 0 Å². The lowest BCUT2D eigenvalue weighted by Crippen LogP contribution is -1.90. The van der Waals surface area contributed by atoms with Crippen molar-refractivity contribution in [2.45, 2.75) is 6.92 Å². The first-order valence-electron chi connectivity index (χ1n) is 3.98. The molecule has 64 valence electrons. The molecule has 0 spiro atoms. The van der Waals surface area contributed by atoms with E-state index in [1.807, 2.05) is 17.7 Å². The highest BCUT2D eigenvalue weighted by atomic mass is 32.2. The highest BCUT2D eigenvalue weighted by Gasteiger charge is 2.01. The lowest BCUT2D eigenvalue weighted by atomic mass is 10.1. The molecule has 0 fully saturated rings. The standard InChI is InChI=1S/C10H13NS/c1-9-6-4-3-5-7-11-8-12-10(9)2/h3-6,8-9H,2,7H2,1H3/b5-3-,6-4-,11-8-/t9-/m1/s1. The molecule has 0 saturated heterocycles. The molecule has 1 nitrogen and oxygen atoms in total. The fourth-order valence-corrected chi connectivity index (χ4v) is 1.38. The van der Waals surface area contributed by atoms with Gasteiger partial charge in [0.1, 0.15) is 0 Å². The number of allylic oxidation sites excluding steroid dienone is 4. The minimum Gasteiger partial charge on any atom is -0.282 e. The van der Waals surface area contributed by atoms with Gasteiger partial charge in [-0.2, -0.15) is 0 Å². The molecule has 1 heterocycles. The second-order valence-corrected chi connectivity index (χ2v) is 3.63. The summed E-state index contributed by atoms with van der Waals surface area (Å²) in [5.41, 5.74) is 1.86. The van der Waals surface area contributed by atoms with Crippen LogP contribution in [-0.2, 0) is 0 Å². The van der Waals surface area contributed by atoms with E-state index in [1.165, 1.54) is 0 Å². The third kappa shape index (κ3) is 3.09. The van der Waals surface area contributed by atoms with Crippen LogP contribution in [0.5, 0.6) is 0 Å². The molecular formula is C10H13NS. The lowest BCUT2D eigenvalue weighted by molar-refractivity contribution is 0.927. The quantitative estimate of drug-likeness (QED) is 0.557. The highest BCUT2D eigenvalue weighted by molar-refractivity contribution is 8.15. The zero-order valence-electron chi connectivity index (χ0n) is 7.23. The molecule has 0 saturated carbocycles. The second kappa shape index (κ2) is 4.99. The van der Waals surface area contributed by atoms with Crippen molar-refractivity contribution in [2.75, 3.05) is 6.54 Å². The molecule has 0 aromatic carbocycles. The maximum Gasteiger partial charge on any atom is 0.0589 e. The van der Waals surface area contributed by atoms with E-state index in [4.69, 9.17) is 0 Å². The molecule has 1 atom stereocenters. The van der Waals surface area contributed by atoms with Crippen molar-refractivity contribution in [3.8, 4) is 0 Å². The van der Waals surface area contributed by atoms with E-state index in [2.05, 4.69) is 30.6 Å². The Kier molecular flexibility index (Phi) is 3.88. The van der Waals surface area contributed by atoms with E-state index in [0.29, 0.717) is 5.92 Å². The molecule has 0 radical (unpaired) electrons. The largest absolute Gasteiger partial charge is 0.282 e. The van der Waals surface area contributed by atoms with E-state index in [-0.39, 0.29) is 0 Å². The lowest BCUT2D eigenvalue weighted by Gasteiger charge is -2.06. The maximum absolute atomic E-state index is 4.17. The molecule has 0 aliphatic carbocycles. The molecule has 2 heteroatoms. The average Bonchev–Trinajstić information content (AvgIpc) is 2.08. The van der Waals surface area contributed by atoms with Gasteiger partial charge in [0.05, 0.1) is 12.1 Å². The van der Waals surface area contributed by atoms with Crippen molar-refractivity contribution in [3.63, 3.8) is 0 Å². The van der Waals surface area contributed by atoms with Crippen molar-refractivity contribution in [3.05, 3.63) is 35.8 Å². The zero-order valence-corrected chi connectivity index (χ0v) is 8.05. The molecule has 0 bridgehead atoms. The van der Waals surface area contributed by atoms with Gasteiger partial charge in [-0.3, -0.25) is 4.99 Å². The minimum atomic E-state index is 0.421. The fraction of sp³-hybridized carbons (Fsp3) is 0.300. The minimum absolute atomic E-state index is 0.421. The van der Waals surface area contributed by atoms with Crippen LogP contribution in [0.2, 0.25) is 0 Å². The van der Waals surface area contributed by atoms with Crippen molar-refractivity contribution >= 4 is 17.3 Å². The molecule has 1 aliphatic heterocycles. The smallest absolute Gasteiger partial charge is 0.0589 e. The summed E-state index contributed by atoms with van der Waals surface area (Å²) in [4.78, 5) is 5.32. The topological polar surface area (TPSA) is 12.4 Å². The van der Waals surface area contributed by atoms with Crippen LogP contribution in [0.15, 0.2) is 40.8 Å². The van der Waals surface area contributed by atoms with Gasteiger partial charge in [0, 0.05) is 5.92 Å². The van der Waals surface area contributed by atoms with Gasteiger partial charge >= 0.3 is 0 Å². The Labute approximate surface area is 78.0 Å². The van der Waals surface area contributed by atoms with Gasteiger partial charge in [0.2, 0.25) is 0 Å². The zero-order chi connectivity index (χ0) is 8.81. The Morgan fingerprint density at radius 2 is 2.42 bits per heavy atom. The molecule has 0 N–H and O–H groups in total. The Morgan fingerprint density at radius 1 is 1.58 bits per heavy atom. The van der Waals surface area contributed by atoms with Crippen molar-refractivity contribution in [1.82, 2.24) is 0 Å². The molecule has 0 unspecified atom stereocenters. The van der Waals surface area contributed by atoms with Crippen LogP contribution in [0.1, 0.15) is 6.92 Å². The van der Waals surface area contributed by atoms with Gasteiger partial charge in [-0.25, -0.2) is 0 Å². The highest BCUT2D eigenvalue weighted by Crippen LogP contribution is 2.21. The van der Waals surface area contributed by atoms with Crippen LogP contribution in [0.25, 0.3) is 0 Å². The van der Waals surface area contributed by atoms with Gasteiger partial charge in [0.15, 0.2) is 0 Å². The molecule has 0 amide bonds. The van der Waals surface area contributed by atoms with E-state index in [9.17, 15) is 0 Å². The third-order valence-corrected chi connectivity index (χ3v) is 2.57. The molecule has 1 rings (SSSR count). The van der Waals surface area contributed by atoms with Gasteiger partial charge in [-0.05, 0) is 4.91 Å². The third-order valence-electron chi connectivity index (χ3n) is 1.64. The summed E-state index contributed by atoms with van der Waals surface area (Å²) in [6, 6.07) is 0. The van der Waals surface area contributed by atoms with E-state index < -0.39 is 0 Å². The summed E-state index contributed by atoms with van der Waals surface area (Å²) in [6.45, 7) is 6.86. The van der Waals surface area contributed by atoms with Crippen LogP contribution in [0, 0.1) is 5.92 Å². The van der Waals surface area contributed by atoms with Crippen molar-refractivity contribution in [1.29, 1.82) is 0 Å². The SMILES string of the molecule is C=C1S/C=N\C/C=C\C=C/[C@H]1C. The Morgan fingerprint density at radius 3 is 3.25 bits per heavy atom. The molecule has 12 heavy (non-hydrogen) atoms. The van der Waals surface area contributed by atoms with Crippen LogP contribution in [0.3, 0.4) is 0 Å². The Hall–Kier alpha value is -0.760. The number of hydrogen-bond donors (Lipinski definition) is 0. The summed E-state index contributed by atoms with van der Waals surface area (Å²) >= 11 is 1.61. The van der Waals surface area contributed by atoms with Crippen LogP contribution < -0.4 is 0 Å². The maximum atomic E-state index is 4.17. The first-order valence-corrected chi connectivity index (χ1v) is 4.86. The van der Waals surface area contributed by atoms with E-state index in [0.717, 1.165) is 11.4 Å². The fourth-order valence-electron chi connectivity index (χ4n) is 0.794. The predicted octanol–water partition coefficient (Wildman–Crippen LogP) is 3.02. The summed E-state index contributed by atoms with van der Waals surface area (Å²) < 4.78 is 0. The number of nitrogens with zero attached hydrogens (tertiary/aromatic N) is 1. The first-order chi connectivity index (χ1) is 5.80. The number of thioether (sulfide) groups is 1. The Bertz CT molecular complexity index is 238. The van der Waals surface area contributed by atoms with Crippen molar-refractivity contribution in [2.24, 2.45) is 10.9 Å². The normalized spacial score (nSPS) is 32.4. The summed E-state index contributed by atoms with van der Waals surface area (Å²) in [6.07, 6.45) is 8.26. The monoisotopic (exact) mass is 179 g/mol. The van der Waals surface area contributed by atoms with Crippen LogP contribution in [-0.4, -0.2) is 12.1 Å². The number of hydrogen-bond acceptors (Lipinski definition) is 2. The molecule has 0 aromatic heterocycles. The molecule has 0 aromatic rings. The second-order valence-electron chi connectivity index (χ2n) is 2.66. The molecular weight excluding hydrogens is 166 g/mol. The van der Waals surface area contributed by atoms with Gasteiger partial charge in [-0.1, -0.05) is 49.6 Å². The predicted molar refractivity (Wildman–Crippen MR) is 57.5 cm³/mol. The van der Waals surface area contributed by atoms with E-state index >= 15 is 0 Å². The number of rotatable bonds is 0. The molecule has 1 aliphatic rings. The van der Waals surface area contributed by atoms with E-state index in [1.54, 1.807) is 11.8 Å².